The van der Waals surface area contributed by atoms with Crippen molar-refractivity contribution in [2.24, 2.45) is 0 Å². The summed E-state index contributed by atoms with van der Waals surface area (Å²) in [5, 5.41) is 12.2. The lowest BCUT2D eigenvalue weighted by Gasteiger charge is -2.10. The number of thiophene rings is 1. The molecule has 0 aliphatic heterocycles. The molecule has 2 heterocycles. The van der Waals surface area contributed by atoms with Crippen LogP contribution < -0.4 is 0 Å². The highest BCUT2D eigenvalue weighted by Crippen LogP contribution is 2.41. The molecule has 2 aromatic heterocycles. The fourth-order valence-electron chi connectivity index (χ4n) is 6.85. The summed E-state index contributed by atoms with van der Waals surface area (Å²) in [4.78, 5) is 15.2. The van der Waals surface area contributed by atoms with E-state index in [0.29, 0.717) is 23.0 Å². The Morgan fingerprint density at radius 3 is 1.71 bits per heavy atom. The van der Waals surface area contributed by atoms with Crippen LogP contribution in [0.3, 0.4) is 0 Å². The van der Waals surface area contributed by atoms with Gasteiger partial charge in [0.2, 0.25) is 0 Å². The molecule has 0 atom stereocenters. The first-order valence-corrected chi connectivity index (χ1v) is 18.0. The second-order valence-electron chi connectivity index (χ2n) is 12.8. The lowest BCUT2D eigenvalue weighted by Crippen LogP contribution is -2.00. The molecule has 0 saturated heterocycles. The molecule has 7 aromatic carbocycles. The minimum atomic E-state index is 0.589. The fraction of sp³-hybridized carbons (Fsp3) is 0.0213. The largest absolute Gasteiger partial charge is 0.208 e. The standard InChI is InChI=1S/C47H30N4S/c1-30-9-7-13-36(27-30)31-17-21-34(22-18-31)45-49-46(35-23-19-33(20-24-35)39-14-6-5-12-38(39)29-48)51-47(50-45)37-25-26-41-43(28-37)52-42-16-8-15-40(44(41)42)32-10-3-2-4-11-32/h2-28H,1H3. The van der Waals surface area contributed by atoms with Gasteiger partial charge >= 0.3 is 0 Å². The quantitative estimate of drug-likeness (QED) is 0.175. The van der Waals surface area contributed by atoms with Crippen molar-refractivity contribution in [3.05, 3.63) is 175 Å². The lowest BCUT2D eigenvalue weighted by atomic mass is 9.99. The first-order chi connectivity index (χ1) is 25.6. The van der Waals surface area contributed by atoms with Gasteiger partial charge in [0.1, 0.15) is 0 Å². The number of hydrogen-bond donors (Lipinski definition) is 0. The highest BCUT2D eigenvalue weighted by Gasteiger charge is 2.16. The van der Waals surface area contributed by atoms with E-state index in [1.807, 2.05) is 48.5 Å². The van der Waals surface area contributed by atoms with Crippen LogP contribution in [0.2, 0.25) is 0 Å². The van der Waals surface area contributed by atoms with Gasteiger partial charge in [-0.15, -0.1) is 11.3 Å². The van der Waals surface area contributed by atoms with Gasteiger partial charge in [0.15, 0.2) is 17.5 Å². The van der Waals surface area contributed by atoms with Gasteiger partial charge in [-0.25, -0.2) is 15.0 Å². The summed E-state index contributed by atoms with van der Waals surface area (Å²) in [5.41, 5.74) is 11.2. The Morgan fingerprint density at radius 1 is 0.442 bits per heavy atom. The van der Waals surface area contributed by atoms with Crippen molar-refractivity contribution in [1.82, 2.24) is 15.0 Å². The van der Waals surface area contributed by atoms with Gasteiger partial charge < -0.3 is 0 Å². The van der Waals surface area contributed by atoms with Crippen LogP contribution >= 0.6 is 11.3 Å². The molecule has 9 aromatic rings. The summed E-state index contributed by atoms with van der Waals surface area (Å²) in [6.07, 6.45) is 0. The molecule has 0 unspecified atom stereocenters. The van der Waals surface area contributed by atoms with Crippen LogP contribution in [0.5, 0.6) is 0 Å². The first kappa shape index (κ1) is 31.3. The fourth-order valence-corrected chi connectivity index (χ4v) is 8.03. The van der Waals surface area contributed by atoms with E-state index >= 15 is 0 Å². The number of nitrogens with zero attached hydrogens (tertiary/aromatic N) is 4. The zero-order chi connectivity index (χ0) is 35.0. The Kier molecular flexibility index (Phi) is 7.93. The second kappa shape index (κ2) is 13.2. The molecule has 244 valence electrons. The van der Waals surface area contributed by atoms with Crippen molar-refractivity contribution >= 4 is 31.5 Å². The number of benzene rings is 7. The van der Waals surface area contributed by atoms with Crippen LogP contribution in [0, 0.1) is 18.3 Å². The topological polar surface area (TPSA) is 62.5 Å². The molecule has 0 amide bonds. The summed E-state index contributed by atoms with van der Waals surface area (Å²) >= 11 is 1.79. The third kappa shape index (κ3) is 5.82. The molecule has 0 saturated carbocycles. The minimum absolute atomic E-state index is 0.589. The smallest absolute Gasteiger partial charge is 0.164 e. The van der Waals surface area contributed by atoms with Crippen LogP contribution in [0.1, 0.15) is 11.1 Å². The maximum Gasteiger partial charge on any atom is 0.164 e. The molecule has 0 aliphatic rings. The Bertz CT molecular complexity index is 2800. The SMILES string of the molecule is Cc1cccc(-c2ccc(-c3nc(-c4ccc(-c5ccccc5C#N)cc4)nc(-c4ccc5c(c4)sc4cccc(-c6ccccc6)c45)n3)cc2)c1. The van der Waals surface area contributed by atoms with Gasteiger partial charge in [-0.05, 0) is 58.5 Å². The molecule has 0 radical (unpaired) electrons. The van der Waals surface area contributed by atoms with E-state index in [-0.39, 0.29) is 0 Å². The van der Waals surface area contributed by atoms with Gasteiger partial charge in [-0.1, -0.05) is 151 Å². The Hall–Kier alpha value is -6.74. The molecule has 0 spiro atoms. The van der Waals surface area contributed by atoms with Crippen LogP contribution in [-0.4, -0.2) is 15.0 Å². The molecule has 9 rings (SSSR count). The molecule has 52 heavy (non-hydrogen) atoms. The summed E-state index contributed by atoms with van der Waals surface area (Å²) < 4.78 is 2.43. The predicted octanol–water partition coefficient (Wildman–Crippen LogP) is 12.4. The van der Waals surface area contributed by atoms with Crippen LogP contribution in [0.25, 0.3) is 87.7 Å². The van der Waals surface area contributed by atoms with E-state index in [0.717, 1.165) is 33.4 Å². The van der Waals surface area contributed by atoms with E-state index in [1.165, 1.54) is 42.4 Å². The summed E-state index contributed by atoms with van der Waals surface area (Å²) in [6, 6.07) is 58.7. The van der Waals surface area contributed by atoms with Crippen molar-refractivity contribution in [3.63, 3.8) is 0 Å². The molecule has 4 nitrogen and oxygen atoms in total. The molecular formula is C47H30N4S. The molecule has 5 heteroatoms. The number of nitriles is 1. The van der Waals surface area contributed by atoms with E-state index in [4.69, 9.17) is 15.0 Å². The van der Waals surface area contributed by atoms with E-state index in [1.54, 1.807) is 11.3 Å². The number of rotatable bonds is 6. The van der Waals surface area contributed by atoms with Gasteiger partial charge in [-0.2, -0.15) is 5.26 Å². The third-order valence-electron chi connectivity index (χ3n) is 9.47. The lowest BCUT2D eigenvalue weighted by molar-refractivity contribution is 1.07. The van der Waals surface area contributed by atoms with E-state index in [2.05, 4.69) is 128 Å². The number of fused-ring (bicyclic) bond motifs is 3. The monoisotopic (exact) mass is 682 g/mol. The van der Waals surface area contributed by atoms with Gasteiger partial charge in [0, 0.05) is 36.9 Å². The van der Waals surface area contributed by atoms with Gasteiger partial charge in [0.25, 0.3) is 0 Å². The minimum Gasteiger partial charge on any atom is -0.208 e. The third-order valence-corrected chi connectivity index (χ3v) is 10.6. The highest BCUT2D eigenvalue weighted by molar-refractivity contribution is 7.26. The average molecular weight is 683 g/mol. The Balaban J connectivity index is 1.16. The second-order valence-corrected chi connectivity index (χ2v) is 13.9. The van der Waals surface area contributed by atoms with Crippen molar-refractivity contribution in [2.75, 3.05) is 0 Å². The summed E-state index contributed by atoms with van der Waals surface area (Å²) in [6.45, 7) is 2.11. The molecule has 0 aliphatic carbocycles. The predicted molar refractivity (Wildman–Crippen MR) is 215 cm³/mol. The van der Waals surface area contributed by atoms with E-state index in [9.17, 15) is 5.26 Å². The molecular weight excluding hydrogens is 653 g/mol. The summed E-state index contributed by atoms with van der Waals surface area (Å²) in [7, 11) is 0. The number of aromatic nitrogens is 3. The van der Waals surface area contributed by atoms with Gasteiger partial charge in [-0.3, -0.25) is 0 Å². The maximum absolute atomic E-state index is 9.68. The average Bonchev–Trinajstić information content (AvgIpc) is 3.59. The van der Waals surface area contributed by atoms with Crippen molar-refractivity contribution in [2.45, 2.75) is 6.92 Å². The number of aryl methyl sites for hydroxylation is 1. The van der Waals surface area contributed by atoms with Crippen molar-refractivity contribution in [3.8, 4) is 73.6 Å². The van der Waals surface area contributed by atoms with Crippen LogP contribution in [-0.2, 0) is 0 Å². The van der Waals surface area contributed by atoms with Crippen molar-refractivity contribution < 1.29 is 0 Å². The number of hydrogen-bond acceptors (Lipinski definition) is 5. The zero-order valence-electron chi connectivity index (χ0n) is 28.3. The van der Waals surface area contributed by atoms with E-state index < -0.39 is 0 Å². The van der Waals surface area contributed by atoms with Gasteiger partial charge in [0.05, 0.1) is 11.6 Å². The normalized spacial score (nSPS) is 11.2. The molecule has 0 fully saturated rings. The highest BCUT2D eigenvalue weighted by atomic mass is 32.1. The van der Waals surface area contributed by atoms with Crippen molar-refractivity contribution in [1.29, 1.82) is 5.26 Å². The maximum atomic E-state index is 9.68. The van der Waals surface area contributed by atoms with Crippen LogP contribution in [0.15, 0.2) is 164 Å². The summed E-state index contributed by atoms with van der Waals surface area (Å²) in [5.74, 6) is 1.81. The Morgan fingerprint density at radius 2 is 1.00 bits per heavy atom. The Labute approximate surface area is 306 Å². The first-order valence-electron chi connectivity index (χ1n) is 17.2. The molecule has 0 N–H and O–H groups in total. The zero-order valence-corrected chi connectivity index (χ0v) is 29.1. The van der Waals surface area contributed by atoms with Crippen LogP contribution in [0.4, 0.5) is 0 Å². The molecule has 0 bridgehead atoms.